The lowest BCUT2D eigenvalue weighted by molar-refractivity contribution is -0.701. The molecule has 0 bridgehead atoms. The molecule has 1 rings (SSSR count). The first-order valence-corrected chi connectivity index (χ1v) is 2.24. The number of hydrogen-bond acceptors (Lipinski definition) is 2. The van der Waals surface area contributed by atoms with Crippen LogP contribution in [-0.4, -0.2) is 5.91 Å². The summed E-state index contributed by atoms with van der Waals surface area (Å²) in [5, 5.41) is 9.87. The molecule has 1 amide bonds. The number of carbonyl (C=O) groups excluding carboxylic acids is 1. The molecule has 0 saturated carbocycles. The van der Waals surface area contributed by atoms with E-state index >= 15 is 0 Å². The van der Waals surface area contributed by atoms with Crippen LogP contribution in [0.25, 0.3) is 0 Å². The van der Waals surface area contributed by atoms with E-state index in [4.69, 9.17) is 0 Å². The van der Waals surface area contributed by atoms with Crippen LogP contribution >= 0.6 is 0 Å². The highest BCUT2D eigenvalue weighted by Crippen LogP contribution is 1.76. The van der Waals surface area contributed by atoms with Crippen molar-refractivity contribution in [2.45, 2.75) is 0 Å². The van der Waals surface area contributed by atoms with Gasteiger partial charge in [0.1, 0.15) is 6.20 Å². The molecule has 3 nitrogen and oxygen atoms in total. The van der Waals surface area contributed by atoms with E-state index in [0.29, 0.717) is 0 Å². The van der Waals surface area contributed by atoms with Crippen molar-refractivity contribution in [3.63, 3.8) is 0 Å². The Hall–Kier alpha value is -0.930. The zero-order chi connectivity index (χ0) is 5.98. The van der Waals surface area contributed by atoms with Gasteiger partial charge in [-0.25, -0.2) is 4.79 Å². The highest BCUT2D eigenvalue weighted by atomic mass is 16.5. The van der Waals surface area contributed by atoms with Gasteiger partial charge < -0.3 is 5.21 Å². The zero-order valence-electron chi connectivity index (χ0n) is 4.13. The fourth-order valence-electron chi connectivity index (χ4n) is 0.450. The molecule has 1 aliphatic rings. The van der Waals surface area contributed by atoms with Crippen molar-refractivity contribution in [1.82, 2.24) is 0 Å². The molecule has 1 unspecified atom stereocenters. The van der Waals surface area contributed by atoms with E-state index in [1.807, 2.05) is 0 Å². The number of amides is 1. The van der Waals surface area contributed by atoms with Crippen LogP contribution in [0.5, 0.6) is 0 Å². The number of rotatable bonds is 0. The van der Waals surface area contributed by atoms with Gasteiger partial charge in [0.25, 0.3) is 0 Å². The van der Waals surface area contributed by atoms with Crippen LogP contribution in [0.2, 0.25) is 0 Å². The predicted molar refractivity (Wildman–Crippen MR) is 27.6 cm³/mol. The number of nitrogens with one attached hydrogen (secondary N) is 1. The molecule has 0 aromatic carbocycles. The Morgan fingerprint density at radius 2 is 2.25 bits per heavy atom. The molecule has 0 radical (unpaired) electrons. The lowest BCUT2D eigenvalue weighted by atomic mass is 10.4. The SMILES string of the molecule is O=C1C=CC=C[NH+]1[O-]. The predicted octanol–water partition coefficient (Wildman–Crippen LogP) is -1.02. The quantitative estimate of drug-likeness (QED) is 0.406. The summed E-state index contributed by atoms with van der Waals surface area (Å²) >= 11 is 0. The molecule has 0 aromatic heterocycles. The normalized spacial score (nSPS) is 26.6. The molecule has 1 atom stereocenters. The Bertz CT molecular complexity index is 160. The van der Waals surface area contributed by atoms with Crippen molar-refractivity contribution in [2.24, 2.45) is 0 Å². The first-order valence-electron chi connectivity index (χ1n) is 2.24. The van der Waals surface area contributed by atoms with Crippen LogP contribution < -0.4 is 5.06 Å². The summed E-state index contributed by atoms with van der Waals surface area (Å²) in [5.74, 6) is -0.437. The van der Waals surface area contributed by atoms with Gasteiger partial charge in [-0.3, -0.25) is 5.06 Å². The van der Waals surface area contributed by atoms with E-state index in [2.05, 4.69) is 0 Å². The molecule has 1 N–H and O–H groups in total. The van der Waals surface area contributed by atoms with Gasteiger partial charge >= 0.3 is 5.91 Å². The van der Waals surface area contributed by atoms with Crippen LogP contribution in [0.4, 0.5) is 0 Å². The Balaban J connectivity index is 2.74. The third kappa shape index (κ3) is 0.828. The van der Waals surface area contributed by atoms with Crippen molar-refractivity contribution in [3.05, 3.63) is 29.6 Å². The maximum Gasteiger partial charge on any atom is 0.341 e. The number of hydroxylamine groups is 2. The van der Waals surface area contributed by atoms with Crippen LogP contribution in [0.3, 0.4) is 0 Å². The highest BCUT2D eigenvalue weighted by molar-refractivity contribution is 5.81. The fourth-order valence-corrected chi connectivity index (χ4v) is 0.450. The number of hydrogen-bond donors (Lipinski definition) is 1. The van der Waals surface area contributed by atoms with E-state index in [-0.39, 0.29) is 0 Å². The van der Waals surface area contributed by atoms with Gasteiger partial charge in [-0.2, -0.15) is 0 Å². The Labute approximate surface area is 46.5 Å². The van der Waals surface area contributed by atoms with Crippen molar-refractivity contribution in [1.29, 1.82) is 0 Å². The summed E-state index contributed by atoms with van der Waals surface area (Å²) in [6.07, 6.45) is 5.60. The van der Waals surface area contributed by atoms with Crippen LogP contribution in [0.15, 0.2) is 24.4 Å². The smallest absolute Gasteiger partial charge is 0.341 e. The topological polar surface area (TPSA) is 44.6 Å². The van der Waals surface area contributed by atoms with Gasteiger partial charge in [-0.05, 0) is 12.2 Å². The van der Waals surface area contributed by atoms with Crippen molar-refractivity contribution < 1.29 is 9.86 Å². The molecule has 0 aliphatic carbocycles. The molecule has 0 aromatic rings. The second-order valence-corrected chi connectivity index (χ2v) is 1.45. The van der Waals surface area contributed by atoms with Gasteiger partial charge in [0.05, 0.1) is 0 Å². The molecular weight excluding hydrogens is 106 g/mol. The molecule has 1 aliphatic heterocycles. The number of carbonyl (C=O) groups is 1. The summed E-state index contributed by atoms with van der Waals surface area (Å²) < 4.78 is 0. The first kappa shape index (κ1) is 5.21. The second-order valence-electron chi connectivity index (χ2n) is 1.45. The molecule has 0 spiro atoms. The Morgan fingerprint density at radius 1 is 1.50 bits per heavy atom. The summed E-state index contributed by atoms with van der Waals surface area (Å²) in [6, 6.07) is 0. The monoisotopic (exact) mass is 111 g/mol. The summed E-state index contributed by atoms with van der Waals surface area (Å²) in [5.41, 5.74) is 0. The molecule has 0 fully saturated rings. The summed E-state index contributed by atoms with van der Waals surface area (Å²) in [6.45, 7) is 0. The molecule has 42 valence electrons. The van der Waals surface area contributed by atoms with Gasteiger partial charge in [0, 0.05) is 6.08 Å². The molecule has 1 heterocycles. The number of quaternary nitrogens is 1. The van der Waals surface area contributed by atoms with Crippen molar-refractivity contribution in [3.8, 4) is 0 Å². The standard InChI is InChI=1S/C5H5NO2/c7-5-3-1-2-4-6(5)8/h1-4,6H. The summed E-state index contributed by atoms with van der Waals surface area (Å²) in [7, 11) is 0. The largest absolute Gasteiger partial charge is 0.621 e. The van der Waals surface area contributed by atoms with Crippen molar-refractivity contribution >= 4 is 5.91 Å². The molecule has 8 heavy (non-hydrogen) atoms. The molecular formula is C5H5NO2. The van der Waals surface area contributed by atoms with Crippen LogP contribution in [0, 0.1) is 5.21 Å². The zero-order valence-corrected chi connectivity index (χ0v) is 4.13. The minimum absolute atomic E-state index is 0.437. The second kappa shape index (κ2) is 1.90. The van der Waals surface area contributed by atoms with E-state index in [1.54, 1.807) is 12.2 Å². The average molecular weight is 111 g/mol. The maximum atomic E-state index is 10.3. The Kier molecular flexibility index (Phi) is 1.24. The van der Waals surface area contributed by atoms with Gasteiger partial charge in [-0.1, -0.05) is 0 Å². The first-order chi connectivity index (χ1) is 3.80. The minimum atomic E-state index is -0.437. The van der Waals surface area contributed by atoms with Crippen molar-refractivity contribution in [2.75, 3.05) is 0 Å². The van der Waals surface area contributed by atoms with E-state index in [0.717, 1.165) is 0 Å². The third-order valence-corrected chi connectivity index (χ3v) is 0.849. The van der Waals surface area contributed by atoms with E-state index in [1.165, 1.54) is 12.3 Å². The van der Waals surface area contributed by atoms with Crippen LogP contribution in [0.1, 0.15) is 0 Å². The van der Waals surface area contributed by atoms with E-state index < -0.39 is 11.0 Å². The Morgan fingerprint density at radius 3 is 2.62 bits per heavy atom. The van der Waals surface area contributed by atoms with Gasteiger partial charge in [0.15, 0.2) is 0 Å². The molecule has 0 saturated heterocycles. The summed E-state index contributed by atoms with van der Waals surface area (Å²) in [4.78, 5) is 10.3. The fraction of sp³-hybridized carbons (Fsp3) is 0. The highest BCUT2D eigenvalue weighted by Gasteiger charge is 2.03. The maximum absolute atomic E-state index is 10.3. The third-order valence-electron chi connectivity index (χ3n) is 0.849. The van der Waals surface area contributed by atoms with Gasteiger partial charge in [-0.15, -0.1) is 0 Å². The van der Waals surface area contributed by atoms with Gasteiger partial charge in [0.2, 0.25) is 0 Å². The van der Waals surface area contributed by atoms with E-state index in [9.17, 15) is 10.0 Å². The average Bonchev–Trinajstić information content (AvgIpc) is 1.77. The lowest BCUT2D eigenvalue weighted by Gasteiger charge is -2.12. The minimum Gasteiger partial charge on any atom is -0.621 e. The van der Waals surface area contributed by atoms with Crippen LogP contribution in [-0.2, 0) is 4.79 Å². The number of allylic oxidation sites excluding steroid dienone is 2. The molecule has 3 heteroatoms. The lowest BCUT2D eigenvalue weighted by Crippen LogP contribution is -3.05.